The predicted octanol–water partition coefficient (Wildman–Crippen LogP) is 3.90. The van der Waals surface area contributed by atoms with Crippen molar-refractivity contribution in [3.8, 4) is 0 Å². The Bertz CT molecular complexity index is 439. The predicted molar refractivity (Wildman–Crippen MR) is 50.6 cm³/mol. The van der Waals surface area contributed by atoms with Crippen LogP contribution in [0.5, 0.6) is 0 Å². The zero-order valence-corrected chi connectivity index (χ0v) is 8.99. The molecule has 0 saturated carbocycles. The minimum atomic E-state index is -6.25. The molecule has 19 heavy (non-hydrogen) atoms. The molecule has 0 radical (unpaired) electrons. The van der Waals surface area contributed by atoms with Gasteiger partial charge in [0.2, 0.25) is 0 Å². The van der Waals surface area contributed by atoms with Gasteiger partial charge in [-0.25, -0.2) is 8.78 Å². The van der Waals surface area contributed by atoms with E-state index in [2.05, 4.69) is 0 Å². The van der Waals surface area contributed by atoms with Gasteiger partial charge in [-0.1, -0.05) is 12.1 Å². The summed E-state index contributed by atoms with van der Waals surface area (Å²) >= 11 is 0. The fourth-order valence-corrected chi connectivity index (χ4v) is 1.22. The van der Waals surface area contributed by atoms with Crippen LogP contribution < -0.4 is 5.73 Å². The average molecular weight is 293 g/mol. The molecule has 0 unspecified atom stereocenters. The molecule has 0 atom stereocenters. The minimum Gasteiger partial charge on any atom is -0.399 e. The lowest BCUT2D eigenvalue weighted by Crippen LogP contribution is -2.56. The zero-order chi connectivity index (χ0) is 15.1. The summed E-state index contributed by atoms with van der Waals surface area (Å²) in [7, 11) is 0. The highest BCUT2D eigenvalue weighted by Gasteiger charge is 2.75. The largest absolute Gasteiger partial charge is 0.399 e. The first-order chi connectivity index (χ1) is 8.44. The molecule has 0 spiro atoms. The van der Waals surface area contributed by atoms with Gasteiger partial charge in [-0.05, 0) is 12.1 Å². The molecule has 0 heterocycles. The van der Waals surface area contributed by atoms with Crippen LogP contribution >= 0.6 is 0 Å². The molecule has 0 saturated heterocycles. The summed E-state index contributed by atoms with van der Waals surface area (Å²) in [6.45, 7) is 0. The lowest BCUT2D eigenvalue weighted by atomic mass is 9.97. The van der Waals surface area contributed by atoms with E-state index in [1.807, 2.05) is 0 Å². The second-order valence-electron chi connectivity index (χ2n) is 3.69. The first-order valence-corrected chi connectivity index (χ1v) is 4.72. The van der Waals surface area contributed by atoms with Crippen molar-refractivity contribution in [2.75, 3.05) is 5.73 Å². The number of anilines is 1. The van der Waals surface area contributed by atoms with Gasteiger partial charge in [0.1, 0.15) is 0 Å². The van der Waals surface area contributed by atoms with Crippen LogP contribution in [0.2, 0.25) is 0 Å². The SMILES string of the molecule is Nc1ccc(C(F)(F)C(F)(F)C(F)(F)C(F)F)cc1. The van der Waals surface area contributed by atoms with Crippen molar-refractivity contribution in [3.05, 3.63) is 29.8 Å². The van der Waals surface area contributed by atoms with Gasteiger partial charge < -0.3 is 5.73 Å². The van der Waals surface area contributed by atoms with Crippen molar-refractivity contribution in [2.24, 2.45) is 0 Å². The summed E-state index contributed by atoms with van der Waals surface area (Å²) in [4.78, 5) is 0. The van der Waals surface area contributed by atoms with E-state index < -0.39 is 29.8 Å². The molecule has 108 valence electrons. The Hall–Kier alpha value is -1.54. The van der Waals surface area contributed by atoms with Crippen LogP contribution in [0.3, 0.4) is 0 Å². The molecule has 0 bridgehead atoms. The summed E-state index contributed by atoms with van der Waals surface area (Å²) in [5.41, 5.74) is 3.50. The second-order valence-corrected chi connectivity index (χ2v) is 3.69. The molecule has 9 heteroatoms. The van der Waals surface area contributed by atoms with Crippen LogP contribution in [0.25, 0.3) is 0 Å². The van der Waals surface area contributed by atoms with Crippen molar-refractivity contribution in [2.45, 2.75) is 24.2 Å². The van der Waals surface area contributed by atoms with E-state index >= 15 is 0 Å². The maximum Gasteiger partial charge on any atom is 0.382 e. The van der Waals surface area contributed by atoms with Crippen LogP contribution in [0, 0.1) is 0 Å². The van der Waals surface area contributed by atoms with E-state index in [1.54, 1.807) is 0 Å². The van der Waals surface area contributed by atoms with Gasteiger partial charge in [0.25, 0.3) is 0 Å². The highest BCUT2D eigenvalue weighted by atomic mass is 19.4. The number of benzene rings is 1. The molecule has 1 aromatic rings. The zero-order valence-electron chi connectivity index (χ0n) is 8.99. The highest BCUT2D eigenvalue weighted by molar-refractivity contribution is 5.41. The Morgan fingerprint density at radius 2 is 1.26 bits per heavy atom. The van der Waals surface area contributed by atoms with Crippen molar-refractivity contribution < 1.29 is 35.1 Å². The number of halogens is 8. The standard InChI is InChI=1S/C10H7F8N/c11-7(12)9(15,16)10(17,18)8(13,14)5-1-3-6(19)4-2-5/h1-4,7H,19H2. The Labute approximate surface area is 102 Å². The molecule has 1 nitrogen and oxygen atoms in total. The fraction of sp³-hybridized carbons (Fsp3) is 0.400. The maximum atomic E-state index is 13.3. The molecule has 1 aromatic carbocycles. The fourth-order valence-electron chi connectivity index (χ4n) is 1.22. The third-order valence-electron chi connectivity index (χ3n) is 2.36. The van der Waals surface area contributed by atoms with E-state index in [-0.39, 0.29) is 5.69 Å². The highest BCUT2D eigenvalue weighted by Crippen LogP contribution is 2.53. The van der Waals surface area contributed by atoms with Crippen LogP contribution in [-0.2, 0) is 5.92 Å². The molecule has 0 aliphatic heterocycles. The minimum absolute atomic E-state index is 0.0801. The summed E-state index contributed by atoms with van der Waals surface area (Å²) in [6, 6.07) is 2.26. The number of alkyl halides is 8. The van der Waals surface area contributed by atoms with Crippen molar-refractivity contribution in [1.82, 2.24) is 0 Å². The Kier molecular flexibility index (Phi) is 3.70. The third-order valence-corrected chi connectivity index (χ3v) is 2.36. The van der Waals surface area contributed by atoms with Gasteiger partial charge >= 0.3 is 24.2 Å². The van der Waals surface area contributed by atoms with Gasteiger partial charge in [0, 0.05) is 11.3 Å². The molecule has 2 N–H and O–H groups in total. The number of nitrogen functional groups attached to an aromatic ring is 1. The van der Waals surface area contributed by atoms with Crippen molar-refractivity contribution in [3.63, 3.8) is 0 Å². The van der Waals surface area contributed by atoms with E-state index in [0.29, 0.717) is 12.1 Å². The van der Waals surface area contributed by atoms with E-state index in [9.17, 15) is 35.1 Å². The monoisotopic (exact) mass is 293 g/mol. The topological polar surface area (TPSA) is 26.0 Å². The molecular formula is C10H7F8N. The second kappa shape index (κ2) is 4.53. The first-order valence-electron chi connectivity index (χ1n) is 4.72. The third kappa shape index (κ3) is 2.33. The Balaban J connectivity index is 3.28. The number of rotatable bonds is 4. The lowest BCUT2D eigenvalue weighted by Gasteiger charge is -2.32. The molecule has 0 aromatic heterocycles. The number of hydrogen-bond donors (Lipinski definition) is 1. The lowest BCUT2D eigenvalue weighted by molar-refractivity contribution is -0.343. The number of nitrogens with two attached hydrogens (primary N) is 1. The Morgan fingerprint density at radius 3 is 1.63 bits per heavy atom. The van der Waals surface area contributed by atoms with Gasteiger partial charge in [-0.2, -0.15) is 26.3 Å². The van der Waals surface area contributed by atoms with E-state index in [4.69, 9.17) is 5.73 Å². The normalized spacial score (nSPS) is 13.9. The van der Waals surface area contributed by atoms with Gasteiger partial charge in [-0.15, -0.1) is 0 Å². The molecule has 0 aliphatic rings. The van der Waals surface area contributed by atoms with E-state index in [1.165, 1.54) is 0 Å². The van der Waals surface area contributed by atoms with Gasteiger partial charge in [-0.3, -0.25) is 0 Å². The van der Waals surface area contributed by atoms with Crippen LogP contribution in [0.1, 0.15) is 5.56 Å². The number of hydrogen-bond acceptors (Lipinski definition) is 1. The Morgan fingerprint density at radius 1 is 0.842 bits per heavy atom. The molecule has 1 rings (SSSR count). The summed E-state index contributed by atoms with van der Waals surface area (Å²) in [5, 5.41) is 0. The van der Waals surface area contributed by atoms with Gasteiger partial charge in [0.05, 0.1) is 0 Å². The summed E-state index contributed by atoms with van der Waals surface area (Å²) in [6.07, 6.45) is -4.93. The average Bonchev–Trinajstić information content (AvgIpc) is 2.28. The molecular weight excluding hydrogens is 286 g/mol. The maximum absolute atomic E-state index is 13.3. The van der Waals surface area contributed by atoms with Crippen molar-refractivity contribution in [1.29, 1.82) is 0 Å². The van der Waals surface area contributed by atoms with Gasteiger partial charge in [0.15, 0.2) is 0 Å². The first kappa shape index (κ1) is 15.5. The van der Waals surface area contributed by atoms with Crippen LogP contribution in [0.4, 0.5) is 40.8 Å². The smallest absolute Gasteiger partial charge is 0.382 e. The molecule has 0 fully saturated rings. The summed E-state index contributed by atoms with van der Waals surface area (Å²) < 4.78 is 101. The van der Waals surface area contributed by atoms with Crippen LogP contribution in [0.15, 0.2) is 24.3 Å². The quantitative estimate of drug-likeness (QED) is 0.661. The molecule has 0 aliphatic carbocycles. The van der Waals surface area contributed by atoms with E-state index in [0.717, 1.165) is 12.1 Å². The van der Waals surface area contributed by atoms with Crippen molar-refractivity contribution >= 4 is 5.69 Å². The van der Waals surface area contributed by atoms with Crippen LogP contribution in [-0.4, -0.2) is 18.3 Å². The molecule has 0 amide bonds. The summed E-state index contributed by atoms with van der Waals surface area (Å²) in [5.74, 6) is -17.9.